The summed E-state index contributed by atoms with van der Waals surface area (Å²) in [7, 11) is 0. The minimum absolute atomic E-state index is 0.117. The number of carbonyl (C=O) groups excluding carboxylic acids is 1. The highest BCUT2D eigenvalue weighted by Gasteiger charge is 2.21. The highest BCUT2D eigenvalue weighted by molar-refractivity contribution is 6.42. The van der Waals surface area contributed by atoms with Crippen molar-refractivity contribution in [2.24, 2.45) is 0 Å². The molecule has 0 bridgehead atoms. The first-order chi connectivity index (χ1) is 13.0. The van der Waals surface area contributed by atoms with E-state index in [1.165, 1.54) is 4.57 Å². The van der Waals surface area contributed by atoms with Gasteiger partial charge >= 0.3 is 0 Å². The maximum atomic E-state index is 12.8. The van der Waals surface area contributed by atoms with Crippen molar-refractivity contribution in [3.63, 3.8) is 0 Å². The predicted molar refractivity (Wildman–Crippen MR) is 105 cm³/mol. The summed E-state index contributed by atoms with van der Waals surface area (Å²) in [5.41, 5.74) is 1.13. The van der Waals surface area contributed by atoms with Crippen molar-refractivity contribution in [1.82, 2.24) is 18.9 Å². The summed E-state index contributed by atoms with van der Waals surface area (Å²) in [6.07, 6.45) is 8.19. The first-order valence-corrected chi connectivity index (χ1v) is 9.60. The molecule has 0 spiro atoms. The molecule has 1 aliphatic rings. The third kappa shape index (κ3) is 3.59. The Morgan fingerprint density at radius 2 is 1.85 bits per heavy atom. The molecule has 140 valence electrons. The minimum atomic E-state index is -0.263. The fourth-order valence-electron chi connectivity index (χ4n) is 3.34. The number of amides is 1. The number of imidazole rings is 1. The first-order valence-electron chi connectivity index (χ1n) is 8.84. The second kappa shape index (κ2) is 7.37. The van der Waals surface area contributed by atoms with E-state index in [2.05, 4.69) is 4.98 Å². The fraction of sp³-hybridized carbons (Fsp3) is 0.316. The summed E-state index contributed by atoms with van der Waals surface area (Å²) in [5.74, 6) is -0.117. The van der Waals surface area contributed by atoms with E-state index in [1.807, 2.05) is 6.07 Å². The Morgan fingerprint density at radius 3 is 2.59 bits per heavy atom. The van der Waals surface area contributed by atoms with Crippen molar-refractivity contribution in [2.45, 2.75) is 25.8 Å². The van der Waals surface area contributed by atoms with Gasteiger partial charge < -0.3 is 13.9 Å². The third-order valence-corrected chi connectivity index (χ3v) is 5.53. The van der Waals surface area contributed by atoms with Gasteiger partial charge in [0.2, 0.25) is 5.65 Å². The first kappa shape index (κ1) is 18.1. The summed E-state index contributed by atoms with van der Waals surface area (Å²) < 4.78 is 3.14. The molecule has 1 saturated heterocycles. The average Bonchev–Trinajstić information content (AvgIpc) is 3.12. The van der Waals surface area contributed by atoms with Crippen LogP contribution in [-0.4, -0.2) is 37.8 Å². The Labute approximate surface area is 165 Å². The molecule has 2 aromatic heterocycles. The largest absolute Gasteiger partial charge is 0.337 e. The van der Waals surface area contributed by atoms with E-state index in [0.29, 0.717) is 22.3 Å². The summed E-state index contributed by atoms with van der Waals surface area (Å²) >= 11 is 12.0. The summed E-state index contributed by atoms with van der Waals surface area (Å²) in [6, 6.07) is 5.26. The van der Waals surface area contributed by atoms with Gasteiger partial charge in [-0.2, -0.15) is 0 Å². The summed E-state index contributed by atoms with van der Waals surface area (Å²) in [6.45, 7) is 1.83. The second-order valence-corrected chi connectivity index (χ2v) is 7.50. The average molecular weight is 405 g/mol. The molecule has 6 nitrogen and oxygen atoms in total. The topological polar surface area (TPSA) is 59.6 Å². The van der Waals surface area contributed by atoms with Crippen LogP contribution in [0.2, 0.25) is 10.0 Å². The highest BCUT2D eigenvalue weighted by Crippen LogP contribution is 2.22. The molecule has 1 amide bonds. The van der Waals surface area contributed by atoms with Crippen LogP contribution in [0.3, 0.4) is 0 Å². The quantitative estimate of drug-likeness (QED) is 0.671. The van der Waals surface area contributed by atoms with Crippen LogP contribution in [-0.2, 0) is 6.54 Å². The van der Waals surface area contributed by atoms with Crippen LogP contribution in [0.25, 0.3) is 5.65 Å². The molecule has 0 atom stereocenters. The Morgan fingerprint density at radius 1 is 1.07 bits per heavy atom. The van der Waals surface area contributed by atoms with Gasteiger partial charge in [-0.1, -0.05) is 29.3 Å². The van der Waals surface area contributed by atoms with E-state index < -0.39 is 0 Å². The van der Waals surface area contributed by atoms with Crippen molar-refractivity contribution in [3.05, 3.63) is 68.4 Å². The molecule has 0 unspecified atom stereocenters. The number of benzene rings is 1. The number of halogens is 2. The maximum absolute atomic E-state index is 12.8. The number of carbonyl (C=O) groups is 1. The lowest BCUT2D eigenvalue weighted by Gasteiger charge is -2.25. The van der Waals surface area contributed by atoms with Crippen LogP contribution in [0.5, 0.6) is 0 Å². The molecule has 1 aliphatic heterocycles. The molecule has 4 rings (SSSR count). The van der Waals surface area contributed by atoms with Gasteiger partial charge in [0.15, 0.2) is 0 Å². The Hall–Kier alpha value is -2.31. The monoisotopic (exact) mass is 404 g/mol. The molecular formula is C19H18Cl2N4O2. The van der Waals surface area contributed by atoms with Gasteiger partial charge in [0.05, 0.1) is 16.6 Å². The highest BCUT2D eigenvalue weighted by atomic mass is 35.5. The lowest BCUT2D eigenvalue weighted by molar-refractivity contribution is 0.0719. The zero-order chi connectivity index (χ0) is 19.0. The van der Waals surface area contributed by atoms with E-state index >= 15 is 0 Å². The van der Waals surface area contributed by atoms with Gasteiger partial charge in [-0.05, 0) is 37.0 Å². The molecule has 0 radical (unpaired) electrons. The number of rotatable bonds is 3. The van der Waals surface area contributed by atoms with Crippen molar-refractivity contribution in [1.29, 1.82) is 0 Å². The number of hydrogen-bond donors (Lipinski definition) is 0. The predicted octanol–water partition coefficient (Wildman–Crippen LogP) is 3.48. The van der Waals surface area contributed by atoms with Gasteiger partial charge in [0.25, 0.3) is 11.5 Å². The number of hydrogen-bond acceptors (Lipinski definition) is 3. The molecule has 1 fully saturated rings. The van der Waals surface area contributed by atoms with Crippen LogP contribution in [0, 0.1) is 0 Å². The van der Waals surface area contributed by atoms with Crippen LogP contribution in [0.4, 0.5) is 0 Å². The van der Waals surface area contributed by atoms with E-state index in [0.717, 1.165) is 37.9 Å². The van der Waals surface area contributed by atoms with Gasteiger partial charge in [-0.25, -0.2) is 4.98 Å². The minimum Gasteiger partial charge on any atom is -0.337 e. The maximum Gasteiger partial charge on any atom is 0.294 e. The molecule has 27 heavy (non-hydrogen) atoms. The molecule has 0 aliphatic carbocycles. The Balaban J connectivity index is 1.64. The van der Waals surface area contributed by atoms with Gasteiger partial charge in [-0.15, -0.1) is 0 Å². The van der Waals surface area contributed by atoms with Crippen LogP contribution in [0.1, 0.15) is 35.3 Å². The molecule has 1 aromatic carbocycles. The van der Waals surface area contributed by atoms with Crippen molar-refractivity contribution in [3.8, 4) is 0 Å². The number of likely N-dealkylation sites (tertiary alicyclic amines) is 1. The normalized spacial score (nSPS) is 14.7. The number of aromatic nitrogens is 3. The van der Waals surface area contributed by atoms with Crippen molar-refractivity contribution >= 4 is 34.8 Å². The fourth-order valence-corrected chi connectivity index (χ4v) is 3.66. The second-order valence-electron chi connectivity index (χ2n) is 6.69. The number of piperidine rings is 1. The Bertz CT molecular complexity index is 1070. The smallest absolute Gasteiger partial charge is 0.294 e. The summed E-state index contributed by atoms with van der Waals surface area (Å²) in [5, 5.41) is 0.913. The van der Waals surface area contributed by atoms with Crippen LogP contribution in [0.15, 0.2) is 41.6 Å². The van der Waals surface area contributed by atoms with Crippen molar-refractivity contribution in [2.75, 3.05) is 13.1 Å². The van der Waals surface area contributed by atoms with Gasteiger partial charge in [-0.3, -0.25) is 9.59 Å². The molecule has 3 aromatic rings. The lowest BCUT2D eigenvalue weighted by Crippen LogP contribution is -2.35. The zero-order valence-electron chi connectivity index (χ0n) is 14.6. The lowest BCUT2D eigenvalue weighted by atomic mass is 10.1. The molecule has 8 heteroatoms. The summed E-state index contributed by atoms with van der Waals surface area (Å²) in [4.78, 5) is 31.6. The third-order valence-electron chi connectivity index (χ3n) is 4.79. The zero-order valence-corrected chi connectivity index (χ0v) is 16.1. The SMILES string of the molecule is O=C(c1cn2ccn(Cc3ccc(Cl)c(Cl)c3)c(=O)c2n1)N1CCCCC1. The molecule has 0 saturated carbocycles. The Kier molecular flexibility index (Phi) is 4.93. The van der Waals surface area contributed by atoms with E-state index in [4.69, 9.17) is 23.2 Å². The molecular weight excluding hydrogens is 387 g/mol. The van der Waals surface area contributed by atoms with E-state index in [1.54, 1.807) is 40.0 Å². The number of nitrogens with zero attached hydrogens (tertiary/aromatic N) is 4. The van der Waals surface area contributed by atoms with Gasteiger partial charge in [0.1, 0.15) is 5.69 Å². The molecule has 3 heterocycles. The molecule has 0 N–H and O–H groups in total. The van der Waals surface area contributed by atoms with E-state index in [9.17, 15) is 9.59 Å². The van der Waals surface area contributed by atoms with Crippen molar-refractivity contribution < 1.29 is 4.79 Å². The van der Waals surface area contributed by atoms with Gasteiger partial charge in [0, 0.05) is 31.7 Å². The van der Waals surface area contributed by atoms with Crippen LogP contribution < -0.4 is 5.56 Å². The van der Waals surface area contributed by atoms with Crippen LogP contribution >= 0.6 is 23.2 Å². The number of fused-ring (bicyclic) bond motifs is 1. The van der Waals surface area contributed by atoms with E-state index in [-0.39, 0.29) is 17.1 Å². The standard InChI is InChI=1S/C19H18Cl2N4O2/c20-14-5-4-13(10-15(14)21)11-25-9-8-24-12-16(22-17(24)19(25)27)18(26)23-6-2-1-3-7-23/h4-5,8-10,12H,1-3,6-7,11H2.